The van der Waals surface area contributed by atoms with E-state index in [1.54, 1.807) is 11.1 Å². The highest BCUT2D eigenvalue weighted by Crippen LogP contribution is 2.43. The van der Waals surface area contributed by atoms with Gasteiger partial charge in [-0.05, 0) is 86.3 Å². The van der Waals surface area contributed by atoms with Crippen LogP contribution in [0.1, 0.15) is 74.5 Å². The summed E-state index contributed by atoms with van der Waals surface area (Å²) in [4.78, 5) is 11.4. The number of cyclic esters (lactones) is 1. The van der Waals surface area contributed by atoms with Crippen molar-refractivity contribution in [1.29, 1.82) is 0 Å². The van der Waals surface area contributed by atoms with E-state index in [1.165, 1.54) is 37.7 Å². The number of ether oxygens (including phenoxy) is 1. The molecular formula is C23H31NO2. The summed E-state index contributed by atoms with van der Waals surface area (Å²) in [7, 11) is 0. The average molecular weight is 354 g/mol. The van der Waals surface area contributed by atoms with E-state index in [4.69, 9.17) is 4.74 Å². The topological polar surface area (TPSA) is 38.3 Å². The van der Waals surface area contributed by atoms with Gasteiger partial charge in [-0.25, -0.2) is 4.79 Å². The molecule has 2 fully saturated rings. The number of fused-ring (bicyclic) bond motifs is 1. The number of amides is 1. The molecule has 1 spiro atoms. The molecule has 1 saturated heterocycles. The number of carbonyl (C=O) groups excluding carboxylic acids is 1. The molecule has 3 nitrogen and oxygen atoms in total. The summed E-state index contributed by atoms with van der Waals surface area (Å²) in [6.07, 6.45) is 15.1. The number of aryl methyl sites for hydroxylation is 1. The van der Waals surface area contributed by atoms with Gasteiger partial charge in [0.05, 0.1) is 5.54 Å². The zero-order valence-corrected chi connectivity index (χ0v) is 15.9. The van der Waals surface area contributed by atoms with E-state index in [0.29, 0.717) is 12.5 Å². The van der Waals surface area contributed by atoms with E-state index >= 15 is 0 Å². The van der Waals surface area contributed by atoms with Gasteiger partial charge in [0.25, 0.3) is 0 Å². The second-order valence-corrected chi connectivity index (χ2v) is 8.52. The van der Waals surface area contributed by atoms with Crippen molar-refractivity contribution < 1.29 is 9.53 Å². The summed E-state index contributed by atoms with van der Waals surface area (Å²) in [5, 5.41) is 3.06. The molecule has 0 radical (unpaired) electrons. The molecule has 1 aliphatic heterocycles. The molecular weight excluding hydrogens is 322 g/mol. The maximum Gasteiger partial charge on any atom is 0.407 e. The van der Waals surface area contributed by atoms with Gasteiger partial charge in [-0.15, -0.1) is 0 Å². The summed E-state index contributed by atoms with van der Waals surface area (Å²) < 4.78 is 5.17. The third-order valence-corrected chi connectivity index (χ3v) is 6.63. The summed E-state index contributed by atoms with van der Waals surface area (Å²) in [5.74, 6) is 1.40. The quantitative estimate of drug-likeness (QED) is 0.731. The minimum absolute atomic E-state index is 0.102. The lowest BCUT2D eigenvalue weighted by atomic mass is 9.80. The van der Waals surface area contributed by atoms with Crippen molar-refractivity contribution in [2.24, 2.45) is 5.92 Å². The Morgan fingerprint density at radius 1 is 1.27 bits per heavy atom. The highest BCUT2D eigenvalue weighted by Gasteiger charge is 2.46. The van der Waals surface area contributed by atoms with Gasteiger partial charge in [-0.3, -0.25) is 0 Å². The van der Waals surface area contributed by atoms with Crippen LogP contribution in [0.5, 0.6) is 0 Å². The first kappa shape index (κ1) is 17.6. The second kappa shape index (κ2) is 7.46. The molecule has 1 heterocycles. The number of hydrogen-bond acceptors (Lipinski definition) is 2. The van der Waals surface area contributed by atoms with Crippen LogP contribution < -0.4 is 5.32 Å². The Balaban J connectivity index is 1.38. The molecule has 1 aromatic carbocycles. The number of hydrogen-bond donors (Lipinski definition) is 1. The molecule has 3 atom stereocenters. The van der Waals surface area contributed by atoms with E-state index < -0.39 is 0 Å². The van der Waals surface area contributed by atoms with Gasteiger partial charge in [0, 0.05) is 0 Å². The van der Waals surface area contributed by atoms with Crippen molar-refractivity contribution >= 4 is 6.09 Å². The van der Waals surface area contributed by atoms with Crippen LogP contribution in [0.4, 0.5) is 4.79 Å². The fourth-order valence-electron chi connectivity index (χ4n) is 5.12. The van der Waals surface area contributed by atoms with E-state index in [9.17, 15) is 4.79 Å². The molecule has 1 amide bonds. The molecule has 0 bridgehead atoms. The van der Waals surface area contributed by atoms with Crippen LogP contribution in [0.25, 0.3) is 0 Å². The summed E-state index contributed by atoms with van der Waals surface area (Å²) >= 11 is 0. The molecule has 4 rings (SSSR count). The lowest BCUT2D eigenvalue weighted by Gasteiger charge is -2.26. The number of rotatable bonds is 5. The van der Waals surface area contributed by atoms with Gasteiger partial charge in [0.15, 0.2) is 0 Å². The predicted molar refractivity (Wildman–Crippen MR) is 104 cm³/mol. The van der Waals surface area contributed by atoms with Crippen LogP contribution in [0.3, 0.4) is 0 Å². The van der Waals surface area contributed by atoms with Crippen molar-refractivity contribution in [2.75, 3.05) is 6.61 Å². The molecule has 1 N–H and O–H groups in total. The lowest BCUT2D eigenvalue weighted by Crippen LogP contribution is -2.40. The van der Waals surface area contributed by atoms with E-state index in [0.717, 1.165) is 31.6 Å². The number of benzene rings is 1. The molecule has 1 unspecified atom stereocenters. The highest BCUT2D eigenvalue weighted by atomic mass is 16.6. The highest BCUT2D eigenvalue weighted by molar-refractivity contribution is 5.70. The zero-order valence-electron chi connectivity index (χ0n) is 15.9. The fourth-order valence-corrected chi connectivity index (χ4v) is 5.12. The molecule has 1 saturated carbocycles. The zero-order chi connectivity index (χ0) is 18.0. The molecule has 3 heteroatoms. The van der Waals surface area contributed by atoms with E-state index in [2.05, 4.69) is 42.6 Å². The minimum Gasteiger partial charge on any atom is -0.447 e. The molecule has 0 aromatic heterocycles. The third-order valence-electron chi connectivity index (χ3n) is 6.63. The van der Waals surface area contributed by atoms with Crippen molar-refractivity contribution in [3.05, 3.63) is 47.0 Å². The van der Waals surface area contributed by atoms with Crippen LogP contribution in [0.15, 0.2) is 30.4 Å². The van der Waals surface area contributed by atoms with Crippen LogP contribution in [0, 0.1) is 5.92 Å². The maximum atomic E-state index is 11.4. The SMILES string of the molecule is CC/C=C/CC[C@@H]1CCc2cc([C@H]3CCC4(COC(=O)N4)C3)ccc2C1. The fraction of sp³-hybridized carbons (Fsp3) is 0.609. The average Bonchev–Trinajstić information content (AvgIpc) is 3.24. The normalized spacial score (nSPS) is 30.6. The number of alkyl carbamates (subject to hydrolysis) is 1. The van der Waals surface area contributed by atoms with Crippen LogP contribution in [0.2, 0.25) is 0 Å². The Kier molecular flexibility index (Phi) is 5.06. The largest absolute Gasteiger partial charge is 0.447 e. The Labute approximate surface area is 157 Å². The molecule has 2 aliphatic carbocycles. The Morgan fingerprint density at radius 3 is 3.00 bits per heavy atom. The van der Waals surface area contributed by atoms with Gasteiger partial charge in [-0.2, -0.15) is 0 Å². The number of nitrogens with one attached hydrogen (secondary N) is 1. The minimum atomic E-state index is -0.240. The van der Waals surface area contributed by atoms with Crippen molar-refractivity contribution in [2.45, 2.75) is 76.2 Å². The Hall–Kier alpha value is -1.77. The second-order valence-electron chi connectivity index (χ2n) is 8.52. The first-order chi connectivity index (χ1) is 12.7. The van der Waals surface area contributed by atoms with Gasteiger partial charge >= 0.3 is 6.09 Å². The molecule has 140 valence electrons. The van der Waals surface area contributed by atoms with Crippen molar-refractivity contribution in [1.82, 2.24) is 5.32 Å². The standard InChI is InChI=1S/C23H31NO2/c1-2-3-4-5-6-17-7-8-19-14-20(10-9-18(19)13-17)21-11-12-23(15-21)16-26-22(25)24-23/h3-4,9-10,14,17,21H,2,5-8,11-13,15-16H2,1H3,(H,24,25)/b4-3+/t17-,21+,23?/m1/s1. The Morgan fingerprint density at radius 2 is 2.19 bits per heavy atom. The maximum absolute atomic E-state index is 11.4. The van der Waals surface area contributed by atoms with E-state index in [1.807, 2.05) is 0 Å². The number of allylic oxidation sites excluding steroid dienone is 2. The van der Waals surface area contributed by atoms with Crippen molar-refractivity contribution in [3.63, 3.8) is 0 Å². The summed E-state index contributed by atoms with van der Waals surface area (Å²) in [5.41, 5.74) is 4.49. The smallest absolute Gasteiger partial charge is 0.407 e. The molecule has 1 aromatic rings. The molecule has 3 aliphatic rings. The van der Waals surface area contributed by atoms with Crippen LogP contribution in [-0.4, -0.2) is 18.2 Å². The van der Waals surface area contributed by atoms with E-state index in [-0.39, 0.29) is 11.6 Å². The monoisotopic (exact) mass is 353 g/mol. The van der Waals surface area contributed by atoms with Gasteiger partial charge < -0.3 is 10.1 Å². The predicted octanol–water partition coefficient (Wildman–Crippen LogP) is 5.28. The Bertz CT molecular complexity index is 695. The molecule has 26 heavy (non-hydrogen) atoms. The summed E-state index contributed by atoms with van der Waals surface area (Å²) in [6, 6.07) is 7.19. The van der Waals surface area contributed by atoms with Gasteiger partial charge in [0.2, 0.25) is 0 Å². The van der Waals surface area contributed by atoms with Gasteiger partial charge in [0.1, 0.15) is 6.61 Å². The van der Waals surface area contributed by atoms with Crippen LogP contribution in [-0.2, 0) is 17.6 Å². The van der Waals surface area contributed by atoms with Crippen molar-refractivity contribution in [3.8, 4) is 0 Å². The van der Waals surface area contributed by atoms with Crippen LogP contribution >= 0.6 is 0 Å². The summed E-state index contributed by atoms with van der Waals surface area (Å²) in [6.45, 7) is 2.74. The first-order valence-corrected chi connectivity index (χ1v) is 10.4. The third kappa shape index (κ3) is 3.67. The van der Waals surface area contributed by atoms with Gasteiger partial charge in [-0.1, -0.05) is 37.3 Å². The first-order valence-electron chi connectivity index (χ1n) is 10.4. The number of carbonyl (C=O) groups is 1. The lowest BCUT2D eigenvalue weighted by molar-refractivity contribution is 0.172.